The van der Waals surface area contributed by atoms with Gasteiger partial charge in [-0.3, -0.25) is 19.3 Å². The first-order chi connectivity index (χ1) is 9.60. The molecule has 0 amide bonds. The van der Waals surface area contributed by atoms with Crippen molar-refractivity contribution in [3.8, 4) is 11.3 Å². The number of nitro benzene ring substituents is 1. The van der Waals surface area contributed by atoms with Gasteiger partial charge in [-0.2, -0.15) is 0 Å². The number of carbonyl (C=O) groups excluding carboxylic acids is 1. The Morgan fingerprint density at radius 1 is 1.35 bits per heavy atom. The first kappa shape index (κ1) is 12.8. The zero-order chi connectivity index (χ0) is 14.3. The zero-order valence-electron chi connectivity index (χ0n) is 9.82. The second-order valence-corrected chi connectivity index (χ2v) is 5.60. The molecule has 2 aromatic heterocycles. The molecule has 0 spiro atoms. The summed E-state index contributed by atoms with van der Waals surface area (Å²) >= 11 is 7.13. The third kappa shape index (κ3) is 1.97. The summed E-state index contributed by atoms with van der Waals surface area (Å²) in [4.78, 5) is 26.3. The molecule has 6 nitrogen and oxygen atoms in total. The predicted molar refractivity (Wildman–Crippen MR) is 75.6 cm³/mol. The molecule has 8 heteroatoms. The van der Waals surface area contributed by atoms with Crippen LogP contribution in [-0.2, 0) is 0 Å². The molecule has 0 fully saturated rings. The minimum atomic E-state index is -0.476. The van der Waals surface area contributed by atoms with Gasteiger partial charge >= 0.3 is 0 Å². The topological polar surface area (TPSA) is 77.5 Å². The van der Waals surface area contributed by atoms with Gasteiger partial charge < -0.3 is 0 Å². The number of nitrogens with zero attached hydrogens (tertiary/aromatic N) is 3. The highest BCUT2D eigenvalue weighted by Crippen LogP contribution is 2.30. The van der Waals surface area contributed by atoms with Crippen molar-refractivity contribution >= 4 is 39.9 Å². The van der Waals surface area contributed by atoms with Gasteiger partial charge in [-0.25, -0.2) is 4.98 Å². The Morgan fingerprint density at radius 3 is 2.65 bits per heavy atom. The Labute approximate surface area is 121 Å². The van der Waals surface area contributed by atoms with Crippen LogP contribution in [0, 0.1) is 10.1 Å². The smallest absolute Gasteiger partial charge is 0.269 e. The number of hydrogen-bond donors (Lipinski definition) is 0. The van der Waals surface area contributed by atoms with Crippen LogP contribution in [0.4, 0.5) is 5.69 Å². The Morgan fingerprint density at radius 2 is 2.05 bits per heavy atom. The Bertz CT molecular complexity index is 822. The Balaban J connectivity index is 2.15. The van der Waals surface area contributed by atoms with E-state index < -0.39 is 4.92 Å². The van der Waals surface area contributed by atoms with E-state index in [4.69, 9.17) is 11.6 Å². The molecule has 100 valence electrons. The molecule has 0 bridgehead atoms. The summed E-state index contributed by atoms with van der Waals surface area (Å²) in [5.41, 5.74) is 1.49. The average Bonchev–Trinajstić information content (AvgIpc) is 2.94. The minimum absolute atomic E-state index is 0.00883. The lowest BCUT2D eigenvalue weighted by atomic mass is 10.1. The number of halogens is 1. The molecule has 0 N–H and O–H groups in total. The molecule has 20 heavy (non-hydrogen) atoms. The molecule has 0 radical (unpaired) electrons. The third-order valence-corrected chi connectivity index (χ3v) is 3.90. The minimum Gasteiger partial charge on any atom is -0.296 e. The molecule has 0 atom stereocenters. The molecule has 0 saturated carbocycles. The highest BCUT2D eigenvalue weighted by atomic mass is 35.5. The van der Waals surface area contributed by atoms with Crippen molar-refractivity contribution in [2.75, 3.05) is 0 Å². The molecule has 0 aliphatic heterocycles. The van der Waals surface area contributed by atoms with Crippen LogP contribution in [-0.4, -0.2) is 20.6 Å². The van der Waals surface area contributed by atoms with E-state index in [1.54, 1.807) is 22.7 Å². The monoisotopic (exact) mass is 307 g/mol. The van der Waals surface area contributed by atoms with E-state index in [9.17, 15) is 14.9 Å². The quantitative estimate of drug-likeness (QED) is 0.422. The molecular formula is C12H6ClN3O3S. The Hall–Kier alpha value is -2.25. The van der Waals surface area contributed by atoms with Crippen molar-refractivity contribution in [2.45, 2.75) is 0 Å². The number of fused-ring (bicyclic) bond motifs is 1. The van der Waals surface area contributed by atoms with Crippen molar-refractivity contribution in [3.05, 3.63) is 50.6 Å². The number of aldehydes is 1. The van der Waals surface area contributed by atoms with Crippen molar-refractivity contribution < 1.29 is 9.72 Å². The normalized spacial score (nSPS) is 10.8. The maximum absolute atomic E-state index is 11.3. The number of non-ortho nitro benzene ring substituents is 1. The lowest BCUT2D eigenvalue weighted by Gasteiger charge is -1.98. The highest BCUT2D eigenvalue weighted by Gasteiger charge is 2.16. The van der Waals surface area contributed by atoms with Crippen LogP contribution < -0.4 is 0 Å². The fraction of sp³-hybridized carbons (Fsp3) is 0. The number of hydrogen-bond acceptors (Lipinski definition) is 5. The highest BCUT2D eigenvalue weighted by molar-refractivity contribution is 7.20. The van der Waals surface area contributed by atoms with E-state index in [1.807, 2.05) is 0 Å². The van der Waals surface area contributed by atoms with Crippen LogP contribution in [0.3, 0.4) is 0 Å². The van der Waals surface area contributed by atoms with Crippen molar-refractivity contribution in [2.24, 2.45) is 0 Å². The fourth-order valence-electron chi connectivity index (χ4n) is 1.90. The van der Waals surface area contributed by atoms with Gasteiger partial charge in [0.15, 0.2) is 11.2 Å². The second-order valence-electron chi connectivity index (χ2n) is 3.96. The van der Waals surface area contributed by atoms with E-state index >= 15 is 0 Å². The summed E-state index contributed by atoms with van der Waals surface area (Å²) in [5, 5.41) is 10.6. The van der Waals surface area contributed by atoms with E-state index in [1.165, 1.54) is 23.5 Å². The van der Waals surface area contributed by atoms with E-state index in [0.717, 1.165) is 0 Å². The van der Waals surface area contributed by atoms with Crippen LogP contribution >= 0.6 is 22.9 Å². The number of rotatable bonds is 3. The lowest BCUT2D eigenvalue weighted by Crippen LogP contribution is -1.91. The van der Waals surface area contributed by atoms with Gasteiger partial charge in [0.1, 0.15) is 15.7 Å². The average molecular weight is 308 g/mol. The van der Waals surface area contributed by atoms with Crippen LogP contribution in [0.5, 0.6) is 0 Å². The Kier molecular flexibility index (Phi) is 3.00. The van der Waals surface area contributed by atoms with E-state index in [-0.39, 0.29) is 5.69 Å². The number of nitro groups is 1. The van der Waals surface area contributed by atoms with Gasteiger partial charge in [0.25, 0.3) is 5.69 Å². The summed E-state index contributed by atoms with van der Waals surface area (Å²) in [7, 11) is 0. The molecule has 1 aromatic carbocycles. The first-order valence-corrected chi connectivity index (χ1v) is 6.67. The van der Waals surface area contributed by atoms with Gasteiger partial charge in [-0.1, -0.05) is 22.9 Å². The predicted octanol–water partition coefficient (Wildman–Crippen LogP) is 3.44. The molecule has 2 heterocycles. The molecule has 0 aliphatic carbocycles. The van der Waals surface area contributed by atoms with Gasteiger partial charge in [-0.05, 0) is 12.1 Å². The van der Waals surface area contributed by atoms with Crippen LogP contribution in [0.15, 0.2) is 30.5 Å². The SMILES string of the molecule is O=Cc1c(-c2ccc([N+](=O)[O-])cc2)nc2sc(Cl)cn12. The molecule has 0 aliphatic rings. The standard InChI is InChI=1S/C12H6ClN3O3S/c13-10-5-15-9(6-17)11(14-12(15)20-10)7-1-3-8(4-2-7)16(18)19/h1-6H. The van der Waals surface area contributed by atoms with Crippen LogP contribution in [0.1, 0.15) is 10.5 Å². The van der Waals surface area contributed by atoms with Gasteiger partial charge in [0.05, 0.1) is 4.92 Å². The summed E-state index contributed by atoms with van der Waals surface area (Å²) < 4.78 is 2.14. The third-order valence-electron chi connectivity index (χ3n) is 2.80. The van der Waals surface area contributed by atoms with Crippen molar-refractivity contribution in [1.82, 2.24) is 9.38 Å². The van der Waals surface area contributed by atoms with Gasteiger partial charge in [0.2, 0.25) is 0 Å². The maximum Gasteiger partial charge on any atom is 0.269 e. The van der Waals surface area contributed by atoms with Crippen LogP contribution in [0.25, 0.3) is 16.2 Å². The van der Waals surface area contributed by atoms with E-state index in [0.29, 0.717) is 32.5 Å². The van der Waals surface area contributed by atoms with Gasteiger partial charge in [-0.15, -0.1) is 0 Å². The van der Waals surface area contributed by atoms with Crippen LogP contribution in [0.2, 0.25) is 4.34 Å². The summed E-state index contributed by atoms with van der Waals surface area (Å²) in [6.07, 6.45) is 2.31. The summed E-state index contributed by atoms with van der Waals surface area (Å²) in [6.45, 7) is 0. The molecule has 3 rings (SSSR count). The molecule has 3 aromatic rings. The zero-order valence-corrected chi connectivity index (χ0v) is 11.4. The molecular weight excluding hydrogens is 302 g/mol. The number of carbonyl (C=O) groups is 1. The van der Waals surface area contributed by atoms with Crippen molar-refractivity contribution in [3.63, 3.8) is 0 Å². The number of imidazole rings is 1. The first-order valence-electron chi connectivity index (χ1n) is 5.47. The van der Waals surface area contributed by atoms with E-state index in [2.05, 4.69) is 4.98 Å². The number of thiazole rings is 1. The number of aromatic nitrogens is 2. The van der Waals surface area contributed by atoms with Crippen molar-refractivity contribution in [1.29, 1.82) is 0 Å². The lowest BCUT2D eigenvalue weighted by molar-refractivity contribution is -0.384. The molecule has 0 unspecified atom stereocenters. The maximum atomic E-state index is 11.3. The molecule has 0 saturated heterocycles. The fourth-order valence-corrected chi connectivity index (χ4v) is 2.93. The summed E-state index contributed by atoms with van der Waals surface area (Å²) in [5.74, 6) is 0. The number of benzene rings is 1. The largest absolute Gasteiger partial charge is 0.296 e. The summed E-state index contributed by atoms with van der Waals surface area (Å²) in [6, 6.07) is 5.90. The second kappa shape index (κ2) is 4.69. The van der Waals surface area contributed by atoms with Gasteiger partial charge in [0, 0.05) is 23.9 Å².